The smallest absolute Gasteiger partial charge is 0.266 e. The molecule has 0 unspecified atom stereocenters. The third kappa shape index (κ3) is 4.29. The van der Waals surface area contributed by atoms with Crippen LogP contribution in [-0.4, -0.2) is 17.7 Å². The van der Waals surface area contributed by atoms with Crippen LogP contribution in [0.1, 0.15) is 40.4 Å². The van der Waals surface area contributed by atoms with Crippen LogP contribution in [0.2, 0.25) is 0 Å². The van der Waals surface area contributed by atoms with Crippen molar-refractivity contribution in [2.75, 3.05) is 0 Å². The Labute approximate surface area is 164 Å². The van der Waals surface area contributed by atoms with Crippen LogP contribution in [-0.2, 0) is 4.79 Å². The van der Waals surface area contributed by atoms with Gasteiger partial charge in [-0.15, -0.1) is 0 Å². The summed E-state index contributed by atoms with van der Waals surface area (Å²) in [4.78, 5) is 25.2. The van der Waals surface area contributed by atoms with Crippen molar-refractivity contribution in [1.82, 2.24) is 5.32 Å². The molecular formula is C24H21NO3. The molecule has 4 nitrogen and oxygen atoms in total. The Bertz CT molecular complexity index is 948. The van der Waals surface area contributed by atoms with E-state index in [-0.39, 0.29) is 17.7 Å². The van der Waals surface area contributed by atoms with Crippen LogP contribution in [0.25, 0.3) is 0 Å². The molecule has 1 saturated carbocycles. The number of ether oxygens (including phenoxy) is 1. The van der Waals surface area contributed by atoms with Crippen LogP contribution in [0.4, 0.5) is 0 Å². The van der Waals surface area contributed by atoms with Crippen molar-refractivity contribution in [3.05, 3.63) is 102 Å². The maximum atomic E-state index is 12.7. The van der Waals surface area contributed by atoms with Gasteiger partial charge in [-0.2, -0.15) is 0 Å². The lowest BCUT2D eigenvalue weighted by molar-refractivity contribution is -0.128. The monoisotopic (exact) mass is 371 g/mol. The molecule has 0 bridgehead atoms. The lowest BCUT2D eigenvalue weighted by atomic mass is 10.0. The number of ketones is 1. The maximum Gasteiger partial charge on any atom is 0.266 e. The van der Waals surface area contributed by atoms with E-state index < -0.39 is 6.10 Å². The highest BCUT2D eigenvalue weighted by Gasteiger charge is 2.29. The minimum absolute atomic E-state index is 0.0433. The molecule has 0 saturated heterocycles. The molecule has 0 aliphatic heterocycles. The Morgan fingerprint density at radius 2 is 1.36 bits per heavy atom. The van der Waals surface area contributed by atoms with E-state index in [1.54, 1.807) is 36.4 Å². The van der Waals surface area contributed by atoms with E-state index in [1.165, 1.54) is 0 Å². The minimum Gasteiger partial charge on any atom is -0.476 e. The van der Waals surface area contributed by atoms with Gasteiger partial charge in [0.15, 0.2) is 5.78 Å². The van der Waals surface area contributed by atoms with Crippen molar-refractivity contribution in [2.45, 2.75) is 25.0 Å². The molecule has 4 rings (SSSR count). The molecule has 3 aromatic carbocycles. The third-order valence-corrected chi connectivity index (χ3v) is 4.67. The van der Waals surface area contributed by atoms with Crippen molar-refractivity contribution in [3.63, 3.8) is 0 Å². The molecule has 1 fully saturated rings. The van der Waals surface area contributed by atoms with E-state index in [0.717, 1.165) is 18.4 Å². The van der Waals surface area contributed by atoms with Crippen LogP contribution in [0.5, 0.6) is 5.75 Å². The first-order valence-electron chi connectivity index (χ1n) is 9.42. The molecule has 1 N–H and O–H groups in total. The molecule has 1 aliphatic carbocycles. The van der Waals surface area contributed by atoms with Gasteiger partial charge in [-0.25, -0.2) is 0 Å². The molecule has 28 heavy (non-hydrogen) atoms. The van der Waals surface area contributed by atoms with Crippen molar-refractivity contribution in [2.24, 2.45) is 0 Å². The van der Waals surface area contributed by atoms with E-state index in [4.69, 9.17) is 4.74 Å². The Morgan fingerprint density at radius 3 is 1.96 bits per heavy atom. The summed E-state index contributed by atoms with van der Waals surface area (Å²) < 4.78 is 6.01. The largest absolute Gasteiger partial charge is 0.476 e. The van der Waals surface area contributed by atoms with Crippen LogP contribution in [0.3, 0.4) is 0 Å². The zero-order valence-corrected chi connectivity index (χ0v) is 15.4. The summed E-state index contributed by atoms with van der Waals surface area (Å²) >= 11 is 0. The predicted molar refractivity (Wildman–Crippen MR) is 107 cm³/mol. The minimum atomic E-state index is -0.725. The van der Waals surface area contributed by atoms with Gasteiger partial charge in [0, 0.05) is 22.7 Å². The van der Waals surface area contributed by atoms with Crippen molar-refractivity contribution in [3.8, 4) is 5.75 Å². The van der Waals surface area contributed by atoms with Crippen molar-refractivity contribution in [1.29, 1.82) is 0 Å². The molecular weight excluding hydrogens is 350 g/mol. The first-order chi connectivity index (χ1) is 13.7. The summed E-state index contributed by atoms with van der Waals surface area (Å²) in [6, 6.07) is 25.8. The molecule has 1 amide bonds. The number of nitrogens with one attached hydrogen (secondary N) is 1. The summed E-state index contributed by atoms with van der Waals surface area (Å²) in [5.74, 6) is 0.362. The predicted octanol–water partition coefficient (Wildman–Crippen LogP) is 4.32. The fraction of sp³-hybridized carbons (Fsp3) is 0.167. The van der Waals surface area contributed by atoms with Gasteiger partial charge < -0.3 is 10.1 Å². The van der Waals surface area contributed by atoms with Gasteiger partial charge in [-0.3, -0.25) is 9.59 Å². The molecule has 0 heterocycles. The molecule has 140 valence electrons. The highest BCUT2D eigenvalue weighted by molar-refractivity contribution is 6.09. The van der Waals surface area contributed by atoms with Crippen LogP contribution in [0.15, 0.2) is 84.9 Å². The normalized spacial score (nSPS) is 14.1. The SMILES string of the molecule is O=C(c1ccccc1)c1ccc(O[C@@H](C(=O)NC2CC2)c2ccccc2)cc1. The summed E-state index contributed by atoms with van der Waals surface area (Å²) in [7, 11) is 0. The highest BCUT2D eigenvalue weighted by Crippen LogP contribution is 2.26. The van der Waals surface area contributed by atoms with Gasteiger partial charge in [0.1, 0.15) is 5.75 Å². The molecule has 1 atom stereocenters. The highest BCUT2D eigenvalue weighted by atomic mass is 16.5. The van der Waals surface area contributed by atoms with E-state index in [2.05, 4.69) is 5.32 Å². The van der Waals surface area contributed by atoms with Crippen LogP contribution < -0.4 is 10.1 Å². The summed E-state index contributed by atoms with van der Waals surface area (Å²) in [6.07, 6.45) is 1.31. The van der Waals surface area contributed by atoms with Crippen LogP contribution in [0, 0.1) is 0 Å². The van der Waals surface area contributed by atoms with Gasteiger partial charge >= 0.3 is 0 Å². The van der Waals surface area contributed by atoms with Gasteiger partial charge in [0.25, 0.3) is 5.91 Å². The average Bonchev–Trinajstić information content (AvgIpc) is 3.57. The van der Waals surface area contributed by atoms with Gasteiger partial charge in [-0.1, -0.05) is 60.7 Å². The molecule has 3 aromatic rings. The third-order valence-electron chi connectivity index (χ3n) is 4.67. The van der Waals surface area contributed by atoms with Crippen LogP contribution >= 0.6 is 0 Å². The Morgan fingerprint density at radius 1 is 0.786 bits per heavy atom. The zero-order valence-electron chi connectivity index (χ0n) is 15.4. The first-order valence-corrected chi connectivity index (χ1v) is 9.42. The number of carbonyl (C=O) groups excluding carboxylic acids is 2. The molecule has 0 radical (unpaired) electrons. The maximum absolute atomic E-state index is 12.7. The quantitative estimate of drug-likeness (QED) is 0.630. The van der Waals surface area contributed by atoms with E-state index in [9.17, 15) is 9.59 Å². The molecule has 0 aromatic heterocycles. The van der Waals surface area contributed by atoms with E-state index in [0.29, 0.717) is 16.9 Å². The number of benzene rings is 3. The second-order valence-electron chi connectivity index (χ2n) is 6.91. The average molecular weight is 371 g/mol. The fourth-order valence-electron chi connectivity index (χ4n) is 2.98. The Kier molecular flexibility index (Phi) is 5.20. The number of hydrogen-bond acceptors (Lipinski definition) is 3. The number of hydrogen-bond donors (Lipinski definition) is 1. The number of amides is 1. The fourth-order valence-corrected chi connectivity index (χ4v) is 2.98. The number of rotatable bonds is 7. The second kappa shape index (κ2) is 8.09. The van der Waals surface area contributed by atoms with Gasteiger partial charge in [0.2, 0.25) is 6.10 Å². The summed E-state index contributed by atoms with van der Waals surface area (Å²) in [5.41, 5.74) is 2.02. The standard InChI is InChI=1S/C24H21NO3/c26-22(17-7-3-1-4-8-17)18-11-15-21(16-12-18)28-23(19-9-5-2-6-10-19)24(27)25-20-13-14-20/h1-12,15-16,20,23H,13-14H2,(H,25,27)/t23-/m1/s1. The van der Waals surface area contributed by atoms with Gasteiger partial charge in [-0.05, 0) is 37.1 Å². The second-order valence-corrected chi connectivity index (χ2v) is 6.91. The van der Waals surface area contributed by atoms with E-state index >= 15 is 0 Å². The number of carbonyl (C=O) groups is 2. The topological polar surface area (TPSA) is 55.4 Å². The lowest BCUT2D eigenvalue weighted by Gasteiger charge is -2.19. The Hall–Kier alpha value is -3.40. The van der Waals surface area contributed by atoms with Crippen molar-refractivity contribution >= 4 is 11.7 Å². The molecule has 0 spiro atoms. The first kappa shape index (κ1) is 18.0. The summed E-state index contributed by atoms with van der Waals surface area (Å²) in [6.45, 7) is 0. The molecule has 4 heteroatoms. The summed E-state index contributed by atoms with van der Waals surface area (Å²) in [5, 5.41) is 3.01. The zero-order chi connectivity index (χ0) is 19.3. The lowest BCUT2D eigenvalue weighted by Crippen LogP contribution is -2.33. The van der Waals surface area contributed by atoms with Gasteiger partial charge in [0.05, 0.1) is 0 Å². The van der Waals surface area contributed by atoms with E-state index in [1.807, 2.05) is 48.5 Å². The Balaban J connectivity index is 1.52. The molecule has 1 aliphatic rings. The van der Waals surface area contributed by atoms with Crippen molar-refractivity contribution < 1.29 is 14.3 Å².